The van der Waals surface area contributed by atoms with Crippen LogP contribution in [0.3, 0.4) is 0 Å². The average Bonchev–Trinajstić information content (AvgIpc) is 2.66. The summed E-state index contributed by atoms with van der Waals surface area (Å²) < 4.78 is 6.46. The van der Waals surface area contributed by atoms with Crippen LogP contribution in [0.4, 0.5) is 0 Å². The van der Waals surface area contributed by atoms with Crippen molar-refractivity contribution in [3.8, 4) is 0 Å². The van der Waals surface area contributed by atoms with Crippen molar-refractivity contribution in [2.24, 2.45) is 11.8 Å². The van der Waals surface area contributed by atoms with Crippen molar-refractivity contribution in [3.05, 3.63) is 71.8 Å². The van der Waals surface area contributed by atoms with Crippen molar-refractivity contribution >= 4 is 0 Å². The van der Waals surface area contributed by atoms with Crippen LogP contribution < -0.4 is 0 Å². The molecule has 0 aliphatic carbocycles. The summed E-state index contributed by atoms with van der Waals surface area (Å²) in [6, 6.07) is 21.1. The highest BCUT2D eigenvalue weighted by Crippen LogP contribution is 2.34. The number of hydrogen-bond acceptors (Lipinski definition) is 2. The van der Waals surface area contributed by atoms with Gasteiger partial charge in [-0.15, -0.1) is 0 Å². The first-order valence-corrected chi connectivity index (χ1v) is 9.56. The molecule has 1 heterocycles. The summed E-state index contributed by atoms with van der Waals surface area (Å²) in [6.45, 7) is 4.26. The van der Waals surface area contributed by atoms with Gasteiger partial charge in [-0.05, 0) is 36.8 Å². The fourth-order valence-corrected chi connectivity index (χ4v) is 3.96. The van der Waals surface area contributed by atoms with Crippen LogP contribution >= 0.6 is 0 Å². The van der Waals surface area contributed by atoms with E-state index in [-0.39, 0.29) is 30.1 Å². The summed E-state index contributed by atoms with van der Waals surface area (Å²) in [6.07, 6.45) is 3.92. The second-order valence-electron chi connectivity index (χ2n) is 7.47. The Morgan fingerprint density at radius 3 is 1.52 bits per heavy atom. The van der Waals surface area contributed by atoms with Gasteiger partial charge in [0.05, 0.1) is 18.3 Å². The van der Waals surface area contributed by atoms with E-state index in [0.717, 1.165) is 25.7 Å². The standard InChI is InChI=1S/C23H30O2/c1-17-21(15-13-19-9-5-3-6-10-19)25-22(18(2)23(17)24)16-14-20-11-7-4-8-12-20/h3-12,17-18,21-24H,13-16H2,1-2H3/t17-,18+,21-,22+,23?. The molecule has 0 radical (unpaired) electrons. The molecular weight excluding hydrogens is 308 g/mol. The number of aliphatic hydroxyl groups is 1. The smallest absolute Gasteiger partial charge is 0.0640 e. The predicted molar refractivity (Wildman–Crippen MR) is 103 cm³/mol. The maximum atomic E-state index is 10.7. The van der Waals surface area contributed by atoms with Crippen molar-refractivity contribution in [2.75, 3.05) is 0 Å². The Kier molecular flexibility index (Phi) is 6.28. The lowest BCUT2D eigenvalue weighted by molar-refractivity contribution is -0.166. The molecule has 1 N–H and O–H groups in total. The highest BCUT2D eigenvalue weighted by molar-refractivity contribution is 5.16. The van der Waals surface area contributed by atoms with Gasteiger partial charge in [0, 0.05) is 11.8 Å². The van der Waals surface area contributed by atoms with Gasteiger partial charge in [-0.25, -0.2) is 0 Å². The number of hydrogen-bond donors (Lipinski definition) is 1. The molecule has 2 nitrogen and oxygen atoms in total. The number of benzene rings is 2. The van der Waals surface area contributed by atoms with Gasteiger partial charge in [0.1, 0.15) is 0 Å². The Morgan fingerprint density at radius 2 is 1.12 bits per heavy atom. The van der Waals surface area contributed by atoms with Crippen molar-refractivity contribution in [3.63, 3.8) is 0 Å². The van der Waals surface area contributed by atoms with E-state index in [1.54, 1.807) is 0 Å². The zero-order valence-electron chi connectivity index (χ0n) is 15.3. The second-order valence-corrected chi connectivity index (χ2v) is 7.47. The molecule has 0 aromatic heterocycles. The third kappa shape index (κ3) is 4.71. The molecule has 25 heavy (non-hydrogen) atoms. The fourth-order valence-electron chi connectivity index (χ4n) is 3.96. The van der Waals surface area contributed by atoms with Crippen molar-refractivity contribution in [1.82, 2.24) is 0 Å². The first kappa shape index (κ1) is 18.2. The third-order valence-corrected chi connectivity index (χ3v) is 5.72. The van der Waals surface area contributed by atoms with Crippen molar-refractivity contribution < 1.29 is 9.84 Å². The summed E-state index contributed by atoms with van der Waals surface area (Å²) in [5.74, 6) is 0.373. The Morgan fingerprint density at radius 1 is 0.720 bits per heavy atom. The number of ether oxygens (including phenoxy) is 1. The molecule has 1 aliphatic rings. The predicted octanol–water partition coefficient (Wildman–Crippen LogP) is 4.65. The van der Waals surface area contributed by atoms with Crippen LogP contribution in [-0.2, 0) is 17.6 Å². The molecule has 2 aromatic rings. The average molecular weight is 338 g/mol. The van der Waals surface area contributed by atoms with Gasteiger partial charge in [0.15, 0.2) is 0 Å². The molecule has 0 bridgehead atoms. The molecule has 1 fully saturated rings. The highest BCUT2D eigenvalue weighted by atomic mass is 16.5. The minimum atomic E-state index is -0.282. The van der Waals surface area contributed by atoms with E-state index < -0.39 is 0 Å². The van der Waals surface area contributed by atoms with Gasteiger partial charge in [0.25, 0.3) is 0 Å². The normalized spacial score (nSPS) is 29.5. The summed E-state index contributed by atoms with van der Waals surface area (Å²) in [5.41, 5.74) is 2.68. The molecule has 1 aliphatic heterocycles. The van der Waals surface area contributed by atoms with Gasteiger partial charge in [-0.2, -0.15) is 0 Å². The van der Waals surface area contributed by atoms with E-state index in [4.69, 9.17) is 4.74 Å². The van der Waals surface area contributed by atoms with Crippen molar-refractivity contribution in [1.29, 1.82) is 0 Å². The van der Waals surface area contributed by atoms with E-state index >= 15 is 0 Å². The topological polar surface area (TPSA) is 29.5 Å². The Labute approximate surface area is 151 Å². The maximum absolute atomic E-state index is 10.7. The molecule has 0 saturated carbocycles. The van der Waals surface area contributed by atoms with Crippen LogP contribution in [0.15, 0.2) is 60.7 Å². The second kappa shape index (κ2) is 8.64. The lowest BCUT2D eigenvalue weighted by atomic mass is 9.79. The molecule has 5 atom stereocenters. The fraction of sp³-hybridized carbons (Fsp3) is 0.478. The summed E-state index contributed by atoms with van der Waals surface area (Å²) in [5, 5.41) is 10.7. The largest absolute Gasteiger partial charge is 0.392 e. The highest BCUT2D eigenvalue weighted by Gasteiger charge is 2.39. The molecular formula is C23H30O2. The lowest BCUT2D eigenvalue weighted by Gasteiger charge is -2.43. The summed E-state index contributed by atoms with van der Waals surface area (Å²) in [7, 11) is 0. The van der Waals surface area contributed by atoms with E-state index in [9.17, 15) is 5.11 Å². The molecule has 0 amide bonds. The molecule has 1 saturated heterocycles. The Balaban J connectivity index is 1.59. The molecule has 2 heteroatoms. The summed E-state index contributed by atoms with van der Waals surface area (Å²) >= 11 is 0. The van der Waals surface area contributed by atoms with Gasteiger partial charge < -0.3 is 9.84 Å². The van der Waals surface area contributed by atoms with E-state index in [1.165, 1.54) is 11.1 Å². The van der Waals surface area contributed by atoms with Crippen LogP contribution in [0.2, 0.25) is 0 Å². The van der Waals surface area contributed by atoms with E-state index in [1.807, 2.05) is 12.1 Å². The van der Waals surface area contributed by atoms with Gasteiger partial charge >= 0.3 is 0 Å². The molecule has 134 valence electrons. The summed E-state index contributed by atoms with van der Waals surface area (Å²) in [4.78, 5) is 0. The number of rotatable bonds is 6. The molecule has 0 spiro atoms. The van der Waals surface area contributed by atoms with Crippen LogP contribution in [0.1, 0.15) is 37.8 Å². The van der Waals surface area contributed by atoms with E-state index in [0.29, 0.717) is 0 Å². The van der Waals surface area contributed by atoms with Crippen LogP contribution in [0.25, 0.3) is 0 Å². The van der Waals surface area contributed by atoms with Crippen molar-refractivity contribution in [2.45, 2.75) is 57.8 Å². The van der Waals surface area contributed by atoms with Crippen LogP contribution in [0.5, 0.6) is 0 Å². The van der Waals surface area contributed by atoms with Crippen LogP contribution in [-0.4, -0.2) is 23.4 Å². The molecule has 3 rings (SSSR count). The quantitative estimate of drug-likeness (QED) is 0.830. The SMILES string of the molecule is C[C@@H]1C(O)[C@H](C)[C@@H](CCc2ccccc2)O[C@H]1CCc1ccccc1. The first-order valence-electron chi connectivity index (χ1n) is 9.56. The number of aryl methyl sites for hydroxylation is 2. The first-order chi connectivity index (χ1) is 12.1. The lowest BCUT2D eigenvalue weighted by Crippen LogP contribution is -2.49. The zero-order valence-corrected chi connectivity index (χ0v) is 15.3. The van der Waals surface area contributed by atoms with Gasteiger partial charge in [-0.3, -0.25) is 0 Å². The number of aliphatic hydroxyl groups excluding tert-OH is 1. The molecule has 1 unspecified atom stereocenters. The van der Waals surface area contributed by atoms with Gasteiger partial charge in [-0.1, -0.05) is 74.5 Å². The Bertz CT molecular complexity index is 570. The van der Waals surface area contributed by atoms with Gasteiger partial charge in [0.2, 0.25) is 0 Å². The Hall–Kier alpha value is -1.64. The van der Waals surface area contributed by atoms with Crippen LogP contribution in [0, 0.1) is 11.8 Å². The third-order valence-electron chi connectivity index (χ3n) is 5.72. The zero-order chi connectivity index (χ0) is 17.6. The molecule has 2 aromatic carbocycles. The minimum Gasteiger partial charge on any atom is -0.392 e. The maximum Gasteiger partial charge on any atom is 0.0640 e. The van der Waals surface area contributed by atoms with E-state index in [2.05, 4.69) is 62.4 Å². The minimum absolute atomic E-state index is 0.132. The monoisotopic (exact) mass is 338 g/mol.